The van der Waals surface area contributed by atoms with Gasteiger partial charge in [-0.05, 0) is 35.3 Å². The molecule has 0 spiro atoms. The van der Waals surface area contributed by atoms with Crippen LogP contribution in [0.4, 0.5) is 18.9 Å². The highest BCUT2D eigenvalue weighted by Crippen LogP contribution is 2.37. The van der Waals surface area contributed by atoms with Gasteiger partial charge in [-0.3, -0.25) is 4.98 Å². The van der Waals surface area contributed by atoms with E-state index in [1.54, 1.807) is 0 Å². The third-order valence-corrected chi connectivity index (χ3v) is 1.85. The first-order valence-corrected chi connectivity index (χ1v) is 4.31. The summed E-state index contributed by atoms with van der Waals surface area (Å²) in [4.78, 5) is 3.36. The van der Waals surface area contributed by atoms with E-state index in [2.05, 4.69) is 4.98 Å². The number of alkyl halides is 3. The highest BCUT2D eigenvalue weighted by atomic mass is 19.4. The zero-order chi connectivity index (χ0) is 19.3. The molecule has 2 rings (SSSR count). The van der Waals surface area contributed by atoms with E-state index in [-0.39, 0.29) is 5.72 Å². The highest BCUT2D eigenvalue weighted by Gasteiger charge is 2.33. The molecule has 0 aliphatic heterocycles. The lowest BCUT2D eigenvalue weighted by atomic mass is 10.00. The van der Waals surface area contributed by atoms with Crippen LogP contribution >= 0.6 is 0 Å². The van der Waals surface area contributed by atoms with Gasteiger partial charge in [0.25, 0.3) is 0 Å². The van der Waals surface area contributed by atoms with Gasteiger partial charge in [0.2, 0.25) is 0 Å². The summed E-state index contributed by atoms with van der Waals surface area (Å²) in [6.45, 7) is 0. The number of nitrogen functional groups attached to an aromatic ring is 1. The lowest BCUT2D eigenvalue weighted by molar-refractivity contribution is -0.137. The maximum atomic E-state index is 13.5. The van der Waals surface area contributed by atoms with E-state index < -0.39 is 64.9 Å². The molecule has 1 aromatic carbocycles. The van der Waals surface area contributed by atoms with Crippen molar-refractivity contribution in [3.8, 4) is 11.1 Å². The molecule has 0 saturated carbocycles. The third kappa shape index (κ3) is 2.38. The molecule has 0 atom stereocenters. The first kappa shape index (κ1) is 5.08. The average molecular weight is 246 g/mol. The van der Waals surface area contributed by atoms with Gasteiger partial charge in [-0.25, -0.2) is 0 Å². The molecular weight excluding hydrogens is 229 g/mol. The summed E-state index contributed by atoms with van der Waals surface area (Å²) in [5, 5.41) is 0. The Kier molecular flexibility index (Phi) is 1.22. The minimum absolute atomic E-state index is 0.368. The Balaban J connectivity index is 3.10. The number of rotatable bonds is 2. The normalized spacial score (nSPS) is 17.8. The van der Waals surface area contributed by atoms with E-state index in [9.17, 15) is 13.2 Å². The summed E-state index contributed by atoms with van der Waals surface area (Å²) >= 11 is 0. The number of nitrogens with zero attached hydrogens (tertiary/aromatic N) is 1. The molecule has 2 aromatic rings. The zero-order valence-electron chi connectivity index (χ0n) is 16.1. The lowest BCUT2D eigenvalue weighted by Gasteiger charge is -2.13. The Labute approximate surface area is 107 Å². The Hall–Kier alpha value is -2.04. The summed E-state index contributed by atoms with van der Waals surface area (Å²) in [7, 11) is 0. The van der Waals surface area contributed by atoms with Crippen molar-refractivity contribution in [1.29, 1.82) is 0 Å². The van der Waals surface area contributed by atoms with Gasteiger partial charge in [-0.15, -0.1) is 0 Å². The predicted octanol–water partition coefficient (Wildman–Crippen LogP) is 3.35. The van der Waals surface area contributed by atoms with Crippen molar-refractivity contribution in [3.05, 3.63) is 48.1 Å². The second kappa shape index (κ2) is 4.08. The molecule has 17 heavy (non-hydrogen) atoms. The molecule has 88 valence electrons. The first-order valence-electron chi connectivity index (χ1n) is 8.21. The molecular formula is C12H9F3N2. The molecule has 0 bridgehead atoms. The second-order valence-electron chi connectivity index (χ2n) is 2.99. The van der Waals surface area contributed by atoms with E-state index in [0.29, 0.717) is 0 Å². The van der Waals surface area contributed by atoms with E-state index in [1.807, 2.05) is 0 Å². The molecule has 1 heterocycles. The maximum absolute atomic E-state index is 13.5. The van der Waals surface area contributed by atoms with Crippen LogP contribution < -0.4 is 5.72 Å². The number of halogens is 3. The van der Waals surface area contributed by atoms with Crippen LogP contribution in [0.1, 0.15) is 13.8 Å². The standard InChI is InChI=1S/C12H9F3N2/c13-12(14,15)11-7-9(16)1-2-10(11)8-3-5-17-6-4-8/h1-7H,16H2/i1D,2D,3D,4D,5D,7D/hD2. The number of benzene rings is 1. The van der Waals surface area contributed by atoms with E-state index in [0.717, 1.165) is 6.20 Å². The number of hydrogen-bond acceptors (Lipinski definition) is 2. The van der Waals surface area contributed by atoms with Crippen molar-refractivity contribution >= 4 is 5.69 Å². The quantitative estimate of drug-likeness (QED) is 0.825. The summed E-state index contributed by atoms with van der Waals surface area (Å²) in [5.74, 6) is 0. The smallest absolute Gasteiger partial charge is 0.399 e. The van der Waals surface area contributed by atoms with Crippen molar-refractivity contribution < 1.29 is 24.2 Å². The van der Waals surface area contributed by atoms with Gasteiger partial charge in [0.1, 0.15) is 0 Å². The Morgan fingerprint density at radius 2 is 2.06 bits per heavy atom. The molecule has 0 unspecified atom stereocenters. The maximum Gasteiger partial charge on any atom is 0.417 e. The monoisotopic (exact) mass is 246 g/mol. The van der Waals surface area contributed by atoms with Crippen molar-refractivity contribution in [3.63, 3.8) is 0 Å². The van der Waals surface area contributed by atoms with Crippen molar-refractivity contribution in [2.24, 2.45) is 0 Å². The topological polar surface area (TPSA) is 38.9 Å². The van der Waals surface area contributed by atoms with Crippen LogP contribution in [0.3, 0.4) is 0 Å². The van der Waals surface area contributed by atoms with Gasteiger partial charge in [-0.2, -0.15) is 13.2 Å². The molecule has 0 radical (unpaired) electrons. The molecule has 5 heteroatoms. The number of nitrogens with two attached hydrogens (primary N) is 1. The van der Waals surface area contributed by atoms with Gasteiger partial charge in [-0.1, -0.05) is 6.04 Å². The lowest BCUT2D eigenvalue weighted by Crippen LogP contribution is -2.08. The average Bonchev–Trinajstić information content (AvgIpc) is 2.46. The van der Waals surface area contributed by atoms with Crippen LogP contribution in [0, 0.1) is 0 Å². The number of hydrogen-bond donors (Lipinski definition) is 1. The number of anilines is 1. The van der Waals surface area contributed by atoms with Gasteiger partial charge in [0.05, 0.1) is 13.8 Å². The van der Waals surface area contributed by atoms with Crippen LogP contribution in [-0.4, -0.2) is 4.98 Å². The van der Waals surface area contributed by atoms with Crippen LogP contribution in [0.15, 0.2) is 42.6 Å². The van der Waals surface area contributed by atoms with Crippen LogP contribution in [0.2, 0.25) is 2.82 Å². The number of aromatic nitrogens is 1. The second-order valence-corrected chi connectivity index (χ2v) is 2.99. The Bertz CT molecular complexity index is 854. The van der Waals surface area contributed by atoms with Gasteiger partial charge in [0.15, 0.2) is 2.82 Å². The molecule has 0 amide bonds. The van der Waals surface area contributed by atoms with Crippen LogP contribution in [0.25, 0.3) is 11.1 Å². The van der Waals surface area contributed by atoms with Gasteiger partial charge >= 0.3 is 6.18 Å². The molecule has 0 fully saturated rings. The highest BCUT2D eigenvalue weighted by molar-refractivity contribution is 5.70. The summed E-state index contributed by atoms with van der Waals surface area (Å²) < 4.78 is 101. The fourth-order valence-corrected chi connectivity index (χ4v) is 1.18. The van der Waals surface area contributed by atoms with Crippen molar-refractivity contribution in [1.82, 2.24) is 4.98 Å². The van der Waals surface area contributed by atoms with Gasteiger partial charge in [0, 0.05) is 18.1 Å². The number of pyridine rings is 1. The SMILES string of the molecule is [2H]c1cnc([2H])c([2H])c1-c1c([2H])c([2H])c(N([2H])[2H])c([2H])c1C(F)(F)F. The van der Waals surface area contributed by atoms with E-state index in [4.69, 9.17) is 11.0 Å². The fourth-order valence-electron chi connectivity index (χ4n) is 1.18. The van der Waals surface area contributed by atoms with Crippen LogP contribution in [0.5, 0.6) is 0 Å². The Morgan fingerprint density at radius 1 is 1.24 bits per heavy atom. The summed E-state index contributed by atoms with van der Waals surface area (Å²) in [6, 6.07) is -5.03. The van der Waals surface area contributed by atoms with Crippen molar-refractivity contribution in [2.45, 2.75) is 6.18 Å². The molecule has 2 N–H and O–H groups in total. The first-order chi connectivity index (χ1) is 11.4. The Morgan fingerprint density at radius 3 is 2.76 bits per heavy atom. The largest absolute Gasteiger partial charge is 0.417 e. The minimum Gasteiger partial charge on any atom is -0.399 e. The van der Waals surface area contributed by atoms with Crippen molar-refractivity contribution in [2.75, 3.05) is 5.72 Å². The van der Waals surface area contributed by atoms with E-state index in [1.165, 1.54) is 0 Å². The molecule has 0 aliphatic carbocycles. The predicted molar refractivity (Wildman–Crippen MR) is 59.1 cm³/mol. The minimum atomic E-state index is -5.22. The molecule has 0 saturated heterocycles. The summed E-state index contributed by atoms with van der Waals surface area (Å²) in [6.07, 6.45) is -5.22. The molecule has 0 aliphatic rings. The zero-order valence-corrected chi connectivity index (χ0v) is 8.11. The summed E-state index contributed by atoms with van der Waals surface area (Å²) in [5.41, 5.74) is -5.01. The van der Waals surface area contributed by atoms with Gasteiger partial charge < -0.3 is 5.72 Å². The fraction of sp³-hybridized carbons (Fsp3) is 0.0833. The van der Waals surface area contributed by atoms with Crippen LogP contribution in [-0.2, 0) is 6.18 Å². The van der Waals surface area contributed by atoms with E-state index >= 15 is 0 Å². The molecule has 2 nitrogen and oxygen atoms in total. The third-order valence-electron chi connectivity index (χ3n) is 1.85. The molecule has 1 aromatic heterocycles.